The topological polar surface area (TPSA) is 42.3 Å². The fourth-order valence-corrected chi connectivity index (χ4v) is 4.93. The molecule has 0 radical (unpaired) electrons. The maximum atomic E-state index is 5.88. The zero-order chi connectivity index (χ0) is 22.9. The summed E-state index contributed by atoms with van der Waals surface area (Å²) < 4.78 is 7.66. The van der Waals surface area contributed by atoms with Crippen LogP contribution in [0.2, 0.25) is 0 Å². The summed E-state index contributed by atoms with van der Waals surface area (Å²) in [6.07, 6.45) is 1.83. The van der Waals surface area contributed by atoms with Crippen LogP contribution in [0, 0.1) is 13.8 Å². The lowest BCUT2D eigenvalue weighted by Gasteiger charge is -2.29. The summed E-state index contributed by atoms with van der Waals surface area (Å²) in [6.45, 7) is 4.23. The Morgan fingerprint density at radius 2 is 1.73 bits per heavy atom. The highest BCUT2D eigenvalue weighted by molar-refractivity contribution is 7.80. The van der Waals surface area contributed by atoms with Crippen LogP contribution in [0.3, 0.4) is 0 Å². The number of methoxy groups -OCH3 is 1. The summed E-state index contributed by atoms with van der Waals surface area (Å²) in [7, 11) is 1.68. The Morgan fingerprint density at radius 3 is 2.42 bits per heavy atom. The highest BCUT2D eigenvalue weighted by Crippen LogP contribution is 2.43. The van der Waals surface area contributed by atoms with Crippen molar-refractivity contribution in [2.24, 2.45) is 0 Å². The zero-order valence-electron chi connectivity index (χ0n) is 18.9. The van der Waals surface area contributed by atoms with Crippen LogP contribution >= 0.6 is 12.2 Å². The lowest BCUT2D eigenvalue weighted by Crippen LogP contribution is -2.30. The maximum Gasteiger partial charge on any atom is 0.174 e. The van der Waals surface area contributed by atoms with Crippen molar-refractivity contribution in [2.75, 3.05) is 12.0 Å². The number of pyridine rings is 1. The van der Waals surface area contributed by atoms with E-state index in [1.165, 1.54) is 5.56 Å². The second-order valence-corrected chi connectivity index (χ2v) is 8.66. The molecule has 0 bridgehead atoms. The number of aryl methyl sites for hydroxylation is 2. The van der Waals surface area contributed by atoms with Gasteiger partial charge in [-0.15, -0.1) is 0 Å². The average Bonchev–Trinajstić information content (AvgIpc) is 3.39. The highest BCUT2D eigenvalue weighted by Gasteiger charge is 2.42. The monoisotopic (exact) mass is 454 g/mol. The number of thiocarbonyl (C=S) groups is 1. The molecule has 166 valence electrons. The van der Waals surface area contributed by atoms with Crippen molar-refractivity contribution in [3.63, 3.8) is 0 Å². The summed E-state index contributed by atoms with van der Waals surface area (Å²) in [5.74, 6) is 0.835. The maximum absolute atomic E-state index is 5.88. The van der Waals surface area contributed by atoms with Gasteiger partial charge in [-0.2, -0.15) is 0 Å². The fourth-order valence-electron chi connectivity index (χ4n) is 4.58. The Bertz CT molecular complexity index is 1280. The molecule has 33 heavy (non-hydrogen) atoms. The van der Waals surface area contributed by atoms with E-state index in [4.69, 9.17) is 17.0 Å². The summed E-state index contributed by atoms with van der Waals surface area (Å²) in [5, 5.41) is 4.25. The number of anilines is 1. The van der Waals surface area contributed by atoms with Gasteiger partial charge in [0.05, 0.1) is 18.8 Å². The van der Waals surface area contributed by atoms with Gasteiger partial charge in [-0.05, 0) is 92.3 Å². The second kappa shape index (κ2) is 8.71. The van der Waals surface area contributed by atoms with Crippen LogP contribution in [0.4, 0.5) is 5.69 Å². The lowest BCUT2D eigenvalue weighted by atomic mass is 10.0. The number of ether oxygens (including phenoxy) is 1. The van der Waals surface area contributed by atoms with Crippen molar-refractivity contribution in [3.8, 4) is 11.4 Å². The first-order valence-electron chi connectivity index (χ1n) is 11.0. The second-order valence-electron chi connectivity index (χ2n) is 8.27. The molecule has 1 saturated heterocycles. The first kappa shape index (κ1) is 21.2. The number of nitrogens with zero attached hydrogens (tertiary/aromatic N) is 3. The van der Waals surface area contributed by atoms with E-state index in [0.29, 0.717) is 5.11 Å². The number of hydrogen-bond donors (Lipinski definition) is 1. The highest BCUT2D eigenvalue weighted by atomic mass is 32.1. The van der Waals surface area contributed by atoms with E-state index in [1.807, 2.05) is 30.5 Å². The molecule has 2 aromatic carbocycles. The third kappa shape index (κ3) is 3.87. The zero-order valence-corrected chi connectivity index (χ0v) is 19.7. The van der Waals surface area contributed by atoms with Gasteiger partial charge in [0.25, 0.3) is 0 Å². The smallest absolute Gasteiger partial charge is 0.174 e. The predicted octanol–water partition coefficient (Wildman–Crippen LogP) is 5.67. The molecule has 2 atom stereocenters. The van der Waals surface area contributed by atoms with Crippen LogP contribution in [-0.4, -0.2) is 21.8 Å². The quantitative estimate of drug-likeness (QED) is 0.393. The van der Waals surface area contributed by atoms with Gasteiger partial charge in [-0.3, -0.25) is 4.98 Å². The van der Waals surface area contributed by atoms with Crippen LogP contribution < -0.4 is 15.0 Å². The summed E-state index contributed by atoms with van der Waals surface area (Å²) in [4.78, 5) is 6.89. The van der Waals surface area contributed by atoms with Crippen molar-refractivity contribution in [2.45, 2.75) is 25.9 Å². The van der Waals surface area contributed by atoms with E-state index >= 15 is 0 Å². The molecule has 3 heterocycles. The third-order valence-corrected chi connectivity index (χ3v) is 6.43. The Kier molecular flexibility index (Phi) is 5.60. The van der Waals surface area contributed by atoms with Crippen LogP contribution in [0.15, 0.2) is 85.1 Å². The molecule has 5 nitrogen and oxygen atoms in total. The van der Waals surface area contributed by atoms with Crippen molar-refractivity contribution in [1.29, 1.82) is 0 Å². The fraction of sp³-hybridized carbons (Fsp3) is 0.185. The molecule has 0 amide bonds. The number of nitrogens with one attached hydrogen (secondary N) is 1. The number of rotatable bonds is 5. The number of hydrogen-bond acceptors (Lipinski definition) is 3. The minimum absolute atomic E-state index is 0.0787. The van der Waals surface area contributed by atoms with Gasteiger partial charge in [0.15, 0.2) is 5.11 Å². The van der Waals surface area contributed by atoms with Crippen molar-refractivity contribution in [1.82, 2.24) is 14.9 Å². The van der Waals surface area contributed by atoms with E-state index in [-0.39, 0.29) is 12.1 Å². The molecule has 6 heteroatoms. The van der Waals surface area contributed by atoms with Crippen molar-refractivity contribution < 1.29 is 4.74 Å². The molecule has 5 rings (SSSR count). The molecular formula is C27H26N4OS. The minimum atomic E-state index is -0.0921. The molecule has 1 aliphatic rings. The molecule has 0 saturated carbocycles. The SMILES string of the molecule is COc1ccc(-n2c(C)ccc2[C@H]2[C@H](c3ccccn3)NC(=S)N2c2cccc(C)c2)cc1. The Hall–Kier alpha value is -3.64. The Labute approximate surface area is 199 Å². The molecule has 0 aliphatic carbocycles. The molecule has 0 spiro atoms. The van der Waals surface area contributed by atoms with E-state index in [9.17, 15) is 0 Å². The van der Waals surface area contributed by atoms with Crippen LogP contribution in [0.1, 0.15) is 34.7 Å². The minimum Gasteiger partial charge on any atom is -0.497 e. The molecule has 2 aromatic heterocycles. The van der Waals surface area contributed by atoms with Gasteiger partial charge >= 0.3 is 0 Å². The van der Waals surface area contributed by atoms with Gasteiger partial charge in [-0.25, -0.2) is 0 Å². The van der Waals surface area contributed by atoms with Gasteiger partial charge < -0.3 is 19.5 Å². The van der Waals surface area contributed by atoms with Crippen LogP contribution in [0.5, 0.6) is 5.75 Å². The van der Waals surface area contributed by atoms with Gasteiger partial charge in [0.1, 0.15) is 11.8 Å². The van der Waals surface area contributed by atoms with E-state index in [0.717, 1.165) is 34.2 Å². The van der Waals surface area contributed by atoms with Crippen LogP contribution in [-0.2, 0) is 0 Å². The first-order valence-corrected chi connectivity index (χ1v) is 11.4. The van der Waals surface area contributed by atoms with Gasteiger partial charge in [0, 0.05) is 29.0 Å². The van der Waals surface area contributed by atoms with Crippen molar-refractivity contribution >= 4 is 23.0 Å². The third-order valence-electron chi connectivity index (χ3n) is 6.12. The number of benzene rings is 2. The molecule has 1 N–H and O–H groups in total. The largest absolute Gasteiger partial charge is 0.497 e. The van der Waals surface area contributed by atoms with Gasteiger partial charge in [0.2, 0.25) is 0 Å². The van der Waals surface area contributed by atoms with E-state index in [2.05, 4.69) is 88.2 Å². The predicted molar refractivity (Wildman–Crippen MR) is 136 cm³/mol. The summed E-state index contributed by atoms with van der Waals surface area (Å²) in [5.41, 5.74) is 6.59. The standard InChI is InChI=1S/C27H26N4OS/c1-18-7-6-8-21(17-18)31-26(25(29-27(31)33)23-9-4-5-16-28-23)24-15-10-19(2)30(24)20-11-13-22(32-3)14-12-20/h4-17,25-26H,1-3H3,(H,29,33)/t25-,26-/m0/s1. The molecule has 0 unspecified atom stereocenters. The van der Waals surface area contributed by atoms with Gasteiger partial charge in [-0.1, -0.05) is 18.2 Å². The molecular weight excluding hydrogens is 428 g/mol. The normalized spacial score (nSPS) is 17.8. The average molecular weight is 455 g/mol. The summed E-state index contributed by atoms with van der Waals surface area (Å²) >= 11 is 5.88. The summed E-state index contributed by atoms with van der Waals surface area (Å²) in [6, 6.07) is 26.8. The van der Waals surface area contributed by atoms with E-state index < -0.39 is 0 Å². The lowest BCUT2D eigenvalue weighted by molar-refractivity contribution is 0.414. The Balaban J connectivity index is 1.68. The Morgan fingerprint density at radius 1 is 0.909 bits per heavy atom. The van der Waals surface area contributed by atoms with E-state index in [1.54, 1.807) is 7.11 Å². The first-order chi connectivity index (χ1) is 16.1. The molecule has 1 fully saturated rings. The number of aromatic nitrogens is 2. The molecule has 4 aromatic rings. The van der Waals surface area contributed by atoms with Crippen LogP contribution in [0.25, 0.3) is 5.69 Å². The molecule has 1 aliphatic heterocycles. The van der Waals surface area contributed by atoms with Crippen molar-refractivity contribution in [3.05, 3.63) is 108 Å².